The predicted molar refractivity (Wildman–Crippen MR) is 240 cm³/mol. The Kier molecular flexibility index (Phi) is 7.60. The molecule has 272 valence electrons. The number of fused-ring (bicyclic) bond motifs is 4. The van der Waals surface area contributed by atoms with E-state index in [1.165, 1.54) is 119 Å². The minimum absolute atomic E-state index is 0.882. The smallest absolute Gasteiger partial charge is 0.00132 e. The van der Waals surface area contributed by atoms with E-state index in [0.29, 0.717) is 0 Å². The second-order valence-electron chi connectivity index (χ2n) is 16.2. The molecular weight excluding hydrogens is 697 g/mol. The fourth-order valence-corrected chi connectivity index (χ4v) is 10.6. The van der Waals surface area contributed by atoms with Gasteiger partial charge in [0.05, 0.1) is 0 Å². The molecule has 2 aliphatic carbocycles. The summed E-state index contributed by atoms with van der Waals surface area (Å²) in [6, 6.07) is 72.6. The fraction of sp³-hybridized carbons (Fsp3) is 0.0690. The van der Waals surface area contributed by atoms with Crippen molar-refractivity contribution in [2.24, 2.45) is 0 Å². The van der Waals surface area contributed by atoms with Crippen molar-refractivity contribution in [3.05, 3.63) is 280 Å². The summed E-state index contributed by atoms with van der Waals surface area (Å²) in [4.78, 5) is 0. The predicted octanol–water partition coefficient (Wildman–Crippen LogP) is 13.3. The van der Waals surface area contributed by atoms with Crippen LogP contribution in [0.25, 0.3) is 32.3 Å². The summed E-state index contributed by atoms with van der Waals surface area (Å²) >= 11 is 0. The van der Waals surface area contributed by atoms with Gasteiger partial charge < -0.3 is 0 Å². The standard InChI is InChI=1S/C58H40/c1-5-17-37(18-6-1)33-49-41-25-13-14-26-42(41)50(34-38-19-7-2-8-20-38)56-46-31-32-48-54-47(30-29-45(53(46)54)55(49)56)57-51(35-39-21-9-3-10-22-39)43-27-15-16-28-44(43)52(58(48)57)36-40-23-11-4-12-24-40/h1-32H,33-36H2. The summed E-state index contributed by atoms with van der Waals surface area (Å²) < 4.78 is 0. The van der Waals surface area contributed by atoms with Crippen molar-refractivity contribution < 1.29 is 0 Å². The molecule has 0 saturated carbocycles. The molecular formula is C58H40. The molecule has 10 aromatic carbocycles. The van der Waals surface area contributed by atoms with Crippen molar-refractivity contribution in [2.75, 3.05) is 0 Å². The Balaban J connectivity index is 1.30. The van der Waals surface area contributed by atoms with Gasteiger partial charge in [-0.25, -0.2) is 0 Å². The molecule has 0 aromatic heterocycles. The molecule has 0 unspecified atom stereocenters. The van der Waals surface area contributed by atoms with E-state index in [1.54, 1.807) is 0 Å². The zero-order chi connectivity index (χ0) is 38.2. The van der Waals surface area contributed by atoms with Crippen LogP contribution >= 0.6 is 0 Å². The maximum absolute atomic E-state index is 2.49. The molecule has 0 heteroatoms. The fourth-order valence-electron chi connectivity index (χ4n) is 10.6. The van der Waals surface area contributed by atoms with E-state index < -0.39 is 0 Å². The van der Waals surface area contributed by atoms with E-state index in [1.807, 2.05) is 0 Å². The first-order valence-corrected chi connectivity index (χ1v) is 20.7. The highest BCUT2D eigenvalue weighted by Gasteiger charge is 2.23. The minimum atomic E-state index is 0.882. The van der Waals surface area contributed by atoms with Gasteiger partial charge in [0.15, 0.2) is 0 Å². The zero-order valence-electron chi connectivity index (χ0n) is 32.3. The lowest BCUT2D eigenvalue weighted by molar-refractivity contribution is 1.14. The first-order valence-electron chi connectivity index (χ1n) is 20.7. The highest BCUT2D eigenvalue weighted by molar-refractivity contribution is 5.96. The van der Waals surface area contributed by atoms with Crippen LogP contribution in [-0.4, -0.2) is 0 Å². The lowest BCUT2D eigenvalue weighted by Gasteiger charge is -2.15. The van der Waals surface area contributed by atoms with Crippen molar-refractivity contribution in [3.63, 3.8) is 0 Å². The van der Waals surface area contributed by atoms with Crippen molar-refractivity contribution >= 4 is 32.3 Å². The van der Waals surface area contributed by atoms with Gasteiger partial charge in [0.1, 0.15) is 0 Å². The van der Waals surface area contributed by atoms with E-state index in [4.69, 9.17) is 0 Å². The van der Waals surface area contributed by atoms with Gasteiger partial charge in [-0.2, -0.15) is 0 Å². The first kappa shape index (κ1) is 33.2. The Morgan fingerprint density at radius 3 is 0.638 bits per heavy atom. The molecule has 0 bridgehead atoms. The van der Waals surface area contributed by atoms with E-state index in [-0.39, 0.29) is 0 Å². The van der Waals surface area contributed by atoms with Gasteiger partial charge in [-0.3, -0.25) is 0 Å². The third kappa shape index (κ3) is 5.08. The van der Waals surface area contributed by atoms with Gasteiger partial charge in [-0.05, 0) is 144 Å². The molecule has 0 saturated heterocycles. The van der Waals surface area contributed by atoms with Gasteiger partial charge >= 0.3 is 0 Å². The van der Waals surface area contributed by atoms with E-state index in [0.717, 1.165) is 25.7 Å². The molecule has 12 rings (SSSR count). The lowest BCUT2D eigenvalue weighted by Crippen LogP contribution is -2.00. The van der Waals surface area contributed by atoms with Gasteiger partial charge in [0, 0.05) is 0 Å². The maximum atomic E-state index is 2.49. The summed E-state index contributed by atoms with van der Waals surface area (Å²) in [6.07, 6.45) is 3.53. The van der Waals surface area contributed by atoms with Crippen LogP contribution in [0.3, 0.4) is 0 Å². The average molecular weight is 737 g/mol. The van der Waals surface area contributed by atoms with Crippen LogP contribution in [0.4, 0.5) is 0 Å². The second-order valence-corrected chi connectivity index (χ2v) is 16.2. The minimum Gasteiger partial charge on any atom is -0.0622 e. The lowest BCUT2D eigenvalue weighted by atomic mass is 9.88. The quantitative estimate of drug-likeness (QED) is 0.146. The van der Waals surface area contributed by atoms with Gasteiger partial charge in [0.2, 0.25) is 0 Å². The number of hydrogen-bond donors (Lipinski definition) is 0. The molecule has 0 N–H and O–H groups in total. The summed E-state index contributed by atoms with van der Waals surface area (Å²) in [6.45, 7) is 0. The van der Waals surface area contributed by atoms with Crippen LogP contribution in [0.15, 0.2) is 194 Å². The van der Waals surface area contributed by atoms with E-state index >= 15 is 0 Å². The Hall–Kier alpha value is -7.02. The zero-order valence-corrected chi connectivity index (χ0v) is 32.3. The molecule has 2 aliphatic rings. The highest BCUT2D eigenvalue weighted by Crippen LogP contribution is 2.39. The SMILES string of the molecule is c1ccc(Cc2c3c(c(Cc4ccccc4)c4ccccc24)=c2ccc4c5c(ccc=3c25)=c2c(Cc3ccccc3)c3ccccc3c(Cc3ccccc3)c2=4)cc1. The molecule has 0 radical (unpaired) electrons. The Bertz CT molecular complexity index is 3200. The molecule has 0 atom stereocenters. The molecule has 0 spiro atoms. The van der Waals surface area contributed by atoms with Gasteiger partial charge in [-0.1, -0.05) is 194 Å². The van der Waals surface area contributed by atoms with E-state index in [2.05, 4.69) is 194 Å². The van der Waals surface area contributed by atoms with E-state index in [9.17, 15) is 0 Å². The highest BCUT2D eigenvalue weighted by atomic mass is 14.3. The van der Waals surface area contributed by atoms with Crippen LogP contribution < -0.4 is 0 Å². The largest absolute Gasteiger partial charge is 0.0622 e. The number of rotatable bonds is 8. The Morgan fingerprint density at radius 2 is 0.414 bits per heavy atom. The Morgan fingerprint density at radius 1 is 0.207 bits per heavy atom. The number of hydrogen-bond acceptors (Lipinski definition) is 0. The second kappa shape index (κ2) is 13.3. The van der Waals surface area contributed by atoms with Crippen LogP contribution in [0, 0.1) is 41.7 Å². The average Bonchev–Trinajstić information content (AvgIpc) is 3.80. The molecule has 0 amide bonds. The Labute approximate surface area is 337 Å². The summed E-state index contributed by atoms with van der Waals surface area (Å²) in [5.41, 5.74) is 11.1. The first-order chi connectivity index (χ1) is 28.8. The van der Waals surface area contributed by atoms with Crippen molar-refractivity contribution in [1.82, 2.24) is 0 Å². The van der Waals surface area contributed by atoms with Crippen molar-refractivity contribution in [1.29, 1.82) is 0 Å². The monoisotopic (exact) mass is 736 g/mol. The molecule has 0 heterocycles. The normalized spacial score (nSPS) is 12.1. The van der Waals surface area contributed by atoms with Crippen LogP contribution in [0.2, 0.25) is 0 Å². The van der Waals surface area contributed by atoms with Crippen LogP contribution in [0.1, 0.15) is 44.5 Å². The van der Waals surface area contributed by atoms with Crippen LogP contribution in [0.5, 0.6) is 0 Å². The molecule has 0 nitrogen and oxygen atoms in total. The van der Waals surface area contributed by atoms with Gasteiger partial charge in [-0.15, -0.1) is 0 Å². The number of benzene rings is 10. The molecule has 0 aliphatic heterocycles. The molecule has 58 heavy (non-hydrogen) atoms. The summed E-state index contributed by atoms with van der Waals surface area (Å²) in [5, 5.41) is 19.5. The summed E-state index contributed by atoms with van der Waals surface area (Å²) in [7, 11) is 0. The summed E-state index contributed by atoms with van der Waals surface area (Å²) in [5.74, 6) is 0. The third-order valence-electron chi connectivity index (χ3n) is 13.0. The van der Waals surface area contributed by atoms with Crippen molar-refractivity contribution in [3.8, 4) is 0 Å². The van der Waals surface area contributed by atoms with Crippen molar-refractivity contribution in [2.45, 2.75) is 25.7 Å². The topological polar surface area (TPSA) is 0 Å². The van der Waals surface area contributed by atoms with Crippen LogP contribution in [-0.2, 0) is 25.7 Å². The molecule has 0 fully saturated rings. The third-order valence-corrected chi connectivity index (χ3v) is 13.0. The maximum Gasteiger partial charge on any atom is -0.00132 e. The molecule has 10 aromatic rings. The van der Waals surface area contributed by atoms with Gasteiger partial charge in [0.25, 0.3) is 0 Å².